The summed E-state index contributed by atoms with van der Waals surface area (Å²) in [6, 6.07) is 5.06. The zero-order valence-electron chi connectivity index (χ0n) is 14.2. The first kappa shape index (κ1) is 17.7. The van der Waals surface area contributed by atoms with Gasteiger partial charge in [0, 0.05) is 31.3 Å². The first-order chi connectivity index (χ1) is 11.0. The van der Waals surface area contributed by atoms with Crippen LogP contribution in [-0.4, -0.2) is 39.2 Å². The molecule has 2 atom stereocenters. The lowest BCUT2D eigenvalue weighted by molar-refractivity contribution is -0.137. The molecule has 1 aliphatic rings. The molecule has 128 valence electrons. The Hall–Kier alpha value is -1.62. The fourth-order valence-electron chi connectivity index (χ4n) is 3.43. The zero-order chi connectivity index (χ0) is 16.8. The molecule has 2 rings (SSSR count). The van der Waals surface area contributed by atoms with Gasteiger partial charge in [-0.3, -0.25) is 9.59 Å². The number of pyridine rings is 1. The minimum Gasteiger partial charge on any atom is -0.391 e. The molecule has 1 aromatic rings. The number of carbonyl (C=O) groups excluding carboxylic acids is 1. The third-order valence-corrected chi connectivity index (χ3v) is 4.70. The predicted octanol–water partition coefficient (Wildman–Crippen LogP) is 2.09. The van der Waals surface area contributed by atoms with Crippen LogP contribution in [0.4, 0.5) is 0 Å². The van der Waals surface area contributed by atoms with Crippen LogP contribution < -0.4 is 5.56 Å². The normalized spacial score (nSPS) is 21.2. The number of aliphatic hydroxyl groups excluding tert-OH is 1. The Bertz CT molecular complexity index is 582. The summed E-state index contributed by atoms with van der Waals surface area (Å²) in [6.07, 6.45) is 4.50. The topological polar surface area (TPSA) is 62.5 Å². The van der Waals surface area contributed by atoms with E-state index in [0.717, 1.165) is 37.8 Å². The van der Waals surface area contributed by atoms with Crippen LogP contribution in [0.2, 0.25) is 0 Å². The van der Waals surface area contributed by atoms with Gasteiger partial charge in [-0.05, 0) is 32.3 Å². The van der Waals surface area contributed by atoms with Crippen molar-refractivity contribution >= 4 is 5.91 Å². The molecule has 0 spiro atoms. The van der Waals surface area contributed by atoms with E-state index < -0.39 is 6.10 Å². The van der Waals surface area contributed by atoms with Crippen molar-refractivity contribution in [3.8, 4) is 0 Å². The van der Waals surface area contributed by atoms with Crippen molar-refractivity contribution in [1.29, 1.82) is 0 Å². The monoisotopic (exact) mass is 320 g/mol. The van der Waals surface area contributed by atoms with E-state index in [0.29, 0.717) is 19.5 Å². The minimum atomic E-state index is -0.416. The summed E-state index contributed by atoms with van der Waals surface area (Å²) >= 11 is 0. The van der Waals surface area contributed by atoms with E-state index >= 15 is 0 Å². The Labute approximate surface area is 137 Å². The summed E-state index contributed by atoms with van der Waals surface area (Å²) in [5.74, 6) is 0.0351. The van der Waals surface area contributed by atoms with Crippen LogP contribution in [0.15, 0.2) is 23.0 Å². The first-order valence-corrected chi connectivity index (χ1v) is 8.68. The summed E-state index contributed by atoms with van der Waals surface area (Å²) in [5.41, 5.74) is 0.794. The van der Waals surface area contributed by atoms with E-state index in [9.17, 15) is 14.7 Å². The van der Waals surface area contributed by atoms with Gasteiger partial charge in [-0.15, -0.1) is 0 Å². The Kier molecular flexibility index (Phi) is 6.39. The zero-order valence-corrected chi connectivity index (χ0v) is 14.2. The van der Waals surface area contributed by atoms with Crippen LogP contribution in [0.5, 0.6) is 0 Å². The lowest BCUT2D eigenvalue weighted by Crippen LogP contribution is -2.49. The van der Waals surface area contributed by atoms with Crippen molar-refractivity contribution in [2.75, 3.05) is 6.54 Å². The Morgan fingerprint density at radius 3 is 2.74 bits per heavy atom. The third-order valence-electron chi connectivity index (χ3n) is 4.70. The molecule has 1 fully saturated rings. The van der Waals surface area contributed by atoms with Gasteiger partial charge < -0.3 is 14.6 Å². The van der Waals surface area contributed by atoms with Gasteiger partial charge in [-0.2, -0.15) is 0 Å². The van der Waals surface area contributed by atoms with Crippen molar-refractivity contribution < 1.29 is 9.90 Å². The lowest BCUT2D eigenvalue weighted by Gasteiger charge is -2.37. The Morgan fingerprint density at radius 1 is 1.35 bits per heavy atom. The van der Waals surface area contributed by atoms with E-state index in [1.807, 2.05) is 24.8 Å². The van der Waals surface area contributed by atoms with E-state index in [2.05, 4.69) is 0 Å². The molecule has 23 heavy (non-hydrogen) atoms. The molecule has 0 bridgehead atoms. The highest BCUT2D eigenvalue weighted by atomic mass is 16.3. The molecule has 1 saturated carbocycles. The Morgan fingerprint density at radius 2 is 2.09 bits per heavy atom. The maximum absolute atomic E-state index is 12.7. The van der Waals surface area contributed by atoms with E-state index in [-0.39, 0.29) is 17.5 Å². The maximum Gasteiger partial charge on any atom is 0.250 e. The van der Waals surface area contributed by atoms with Crippen LogP contribution in [0.3, 0.4) is 0 Å². The largest absolute Gasteiger partial charge is 0.391 e. The summed E-state index contributed by atoms with van der Waals surface area (Å²) in [4.78, 5) is 26.4. The van der Waals surface area contributed by atoms with Crippen LogP contribution in [0, 0.1) is 6.92 Å². The molecule has 1 N–H and O–H groups in total. The fourth-order valence-corrected chi connectivity index (χ4v) is 3.43. The van der Waals surface area contributed by atoms with Crippen molar-refractivity contribution in [2.24, 2.45) is 0 Å². The van der Waals surface area contributed by atoms with E-state index in [4.69, 9.17) is 0 Å². The molecule has 1 aromatic heterocycles. The van der Waals surface area contributed by atoms with Crippen LogP contribution in [0.1, 0.15) is 51.1 Å². The number of aliphatic hydroxyl groups is 1. The summed E-state index contributed by atoms with van der Waals surface area (Å²) in [6.45, 7) is 4.98. The van der Waals surface area contributed by atoms with Gasteiger partial charge in [-0.1, -0.05) is 25.8 Å². The smallest absolute Gasteiger partial charge is 0.250 e. The molecule has 1 amide bonds. The van der Waals surface area contributed by atoms with Gasteiger partial charge in [0.2, 0.25) is 5.91 Å². The molecule has 0 saturated heterocycles. The van der Waals surface area contributed by atoms with Gasteiger partial charge >= 0.3 is 0 Å². The highest BCUT2D eigenvalue weighted by Crippen LogP contribution is 2.24. The first-order valence-electron chi connectivity index (χ1n) is 8.68. The number of rotatable bonds is 6. The number of aryl methyl sites for hydroxylation is 1. The second-order valence-corrected chi connectivity index (χ2v) is 6.41. The standard InChI is InChI=1S/C18H28N2O3/c1-3-12-20(15-8-4-5-9-16(15)21)18(23)11-13-19-14(2)7-6-10-17(19)22/h6-7,10,15-16,21H,3-5,8-9,11-13H2,1-2H3/t15-,16-/m1/s1. The third kappa shape index (κ3) is 4.44. The van der Waals surface area contributed by atoms with Crippen molar-refractivity contribution in [2.45, 2.75) is 71.1 Å². The predicted molar refractivity (Wildman–Crippen MR) is 90.3 cm³/mol. The van der Waals surface area contributed by atoms with Crippen LogP contribution >= 0.6 is 0 Å². The number of amides is 1. The van der Waals surface area contributed by atoms with Crippen LogP contribution in [0.25, 0.3) is 0 Å². The van der Waals surface area contributed by atoms with Gasteiger partial charge in [0.15, 0.2) is 0 Å². The molecule has 0 unspecified atom stereocenters. The van der Waals surface area contributed by atoms with Crippen LogP contribution in [-0.2, 0) is 11.3 Å². The van der Waals surface area contributed by atoms with E-state index in [1.165, 1.54) is 6.07 Å². The maximum atomic E-state index is 12.7. The van der Waals surface area contributed by atoms with Gasteiger partial charge in [-0.25, -0.2) is 0 Å². The summed E-state index contributed by atoms with van der Waals surface area (Å²) in [5, 5.41) is 10.2. The molecular weight excluding hydrogens is 292 g/mol. The molecule has 0 aliphatic heterocycles. The number of carbonyl (C=O) groups is 1. The van der Waals surface area contributed by atoms with Crippen molar-refractivity contribution in [3.05, 3.63) is 34.2 Å². The number of nitrogens with zero attached hydrogens (tertiary/aromatic N) is 2. The number of hydrogen-bond acceptors (Lipinski definition) is 3. The number of hydrogen-bond donors (Lipinski definition) is 1. The van der Waals surface area contributed by atoms with E-state index in [1.54, 1.807) is 10.6 Å². The van der Waals surface area contributed by atoms with Gasteiger partial charge in [0.05, 0.1) is 12.1 Å². The fraction of sp³-hybridized carbons (Fsp3) is 0.667. The second-order valence-electron chi connectivity index (χ2n) is 6.41. The molecular formula is C18H28N2O3. The molecule has 1 heterocycles. The highest BCUT2D eigenvalue weighted by molar-refractivity contribution is 5.76. The SMILES string of the molecule is CCCN(C(=O)CCn1c(C)cccc1=O)[C@@H]1CCCC[C@H]1O. The quantitative estimate of drug-likeness (QED) is 0.873. The molecule has 5 nitrogen and oxygen atoms in total. The summed E-state index contributed by atoms with van der Waals surface area (Å²) in [7, 11) is 0. The van der Waals surface area contributed by atoms with Crippen molar-refractivity contribution in [1.82, 2.24) is 9.47 Å². The minimum absolute atomic E-state index is 0.0351. The Balaban J connectivity index is 2.05. The van der Waals surface area contributed by atoms with Gasteiger partial charge in [0.25, 0.3) is 5.56 Å². The molecule has 0 radical (unpaired) electrons. The van der Waals surface area contributed by atoms with Crippen molar-refractivity contribution in [3.63, 3.8) is 0 Å². The molecule has 1 aliphatic carbocycles. The number of aromatic nitrogens is 1. The summed E-state index contributed by atoms with van der Waals surface area (Å²) < 4.78 is 1.64. The van der Waals surface area contributed by atoms with Gasteiger partial charge in [0.1, 0.15) is 0 Å². The lowest BCUT2D eigenvalue weighted by atomic mass is 9.91. The molecule has 5 heteroatoms. The average molecular weight is 320 g/mol. The second kappa shape index (κ2) is 8.29. The highest BCUT2D eigenvalue weighted by Gasteiger charge is 2.31. The molecule has 0 aromatic carbocycles. The average Bonchev–Trinajstić information content (AvgIpc) is 2.53.